The number of benzene rings is 3. The first-order chi connectivity index (χ1) is 20.9. The van der Waals surface area contributed by atoms with E-state index in [1.807, 2.05) is 13.8 Å². The highest BCUT2D eigenvalue weighted by Crippen LogP contribution is 2.27. The van der Waals surface area contributed by atoms with Gasteiger partial charge in [-0.1, -0.05) is 27.2 Å². The summed E-state index contributed by atoms with van der Waals surface area (Å²) in [6.45, 7) is 9.50. The number of hydrogen-bond donors (Lipinski definition) is 3. The molecule has 1 fully saturated rings. The Kier molecular flexibility index (Phi) is 11.8. The molecule has 0 bridgehead atoms. The first-order valence-corrected chi connectivity index (χ1v) is 15.3. The minimum Gasteiger partial charge on any atom is -0.490 e. The fourth-order valence-electron chi connectivity index (χ4n) is 4.95. The van der Waals surface area contributed by atoms with Gasteiger partial charge in [-0.15, -0.1) is 0 Å². The number of piperidine rings is 1. The average Bonchev–Trinajstić information content (AvgIpc) is 3.02. The predicted molar refractivity (Wildman–Crippen MR) is 169 cm³/mol. The van der Waals surface area contributed by atoms with E-state index in [4.69, 9.17) is 9.47 Å². The summed E-state index contributed by atoms with van der Waals surface area (Å²) in [6, 6.07) is 17.8. The van der Waals surface area contributed by atoms with E-state index in [0.717, 1.165) is 51.1 Å². The summed E-state index contributed by atoms with van der Waals surface area (Å²) in [5.74, 6) is 0.448. The lowest BCUT2D eigenvalue weighted by Crippen LogP contribution is -2.38. The van der Waals surface area contributed by atoms with Gasteiger partial charge >= 0.3 is 6.03 Å². The Bertz CT molecular complexity index is 1320. The molecule has 3 N–H and O–H groups in total. The average molecular weight is 591 g/mol. The van der Waals surface area contributed by atoms with E-state index < -0.39 is 11.7 Å². The lowest BCUT2D eigenvalue weighted by atomic mass is 10.1. The smallest absolute Gasteiger partial charge is 0.319 e. The number of carbonyl (C=O) groups is 2. The lowest BCUT2D eigenvalue weighted by Gasteiger charge is -2.32. The van der Waals surface area contributed by atoms with Crippen molar-refractivity contribution in [3.63, 3.8) is 0 Å². The highest BCUT2D eigenvalue weighted by molar-refractivity contribution is 6.04. The second-order valence-corrected chi connectivity index (χ2v) is 10.9. The number of nitrogens with one attached hydrogen (secondary N) is 3. The second kappa shape index (κ2) is 15.9. The van der Waals surface area contributed by atoms with Gasteiger partial charge in [0.25, 0.3) is 5.91 Å². The van der Waals surface area contributed by atoms with Crippen LogP contribution in [-0.4, -0.2) is 48.6 Å². The van der Waals surface area contributed by atoms with Gasteiger partial charge in [-0.05, 0) is 99.3 Å². The zero-order chi connectivity index (χ0) is 30.6. The van der Waals surface area contributed by atoms with Gasteiger partial charge in [0.05, 0.1) is 5.69 Å². The van der Waals surface area contributed by atoms with Gasteiger partial charge in [-0.2, -0.15) is 0 Å². The van der Waals surface area contributed by atoms with Crippen LogP contribution in [0.5, 0.6) is 17.2 Å². The molecule has 1 aliphatic rings. The molecule has 3 aromatic rings. The van der Waals surface area contributed by atoms with Crippen LogP contribution in [-0.2, 0) is 0 Å². The van der Waals surface area contributed by atoms with Crippen LogP contribution in [0.4, 0.5) is 20.6 Å². The SMILES string of the molecule is CCCCN1CCC(Oc2ccc(C(=O)Nc3ccc(Oc4ccc(NC(=O)NC(CC)CC)cc4)cc3F)cc2)CC1. The van der Waals surface area contributed by atoms with Gasteiger partial charge in [0.2, 0.25) is 0 Å². The highest BCUT2D eigenvalue weighted by atomic mass is 19.1. The molecule has 0 radical (unpaired) electrons. The maximum atomic E-state index is 14.8. The Morgan fingerprint density at radius 3 is 2.16 bits per heavy atom. The number of nitrogens with zero attached hydrogens (tertiary/aromatic N) is 1. The first kappa shape index (κ1) is 31.8. The molecule has 0 aliphatic carbocycles. The van der Waals surface area contributed by atoms with Crippen LogP contribution in [0.2, 0.25) is 0 Å². The summed E-state index contributed by atoms with van der Waals surface area (Å²) >= 11 is 0. The number of ether oxygens (including phenoxy) is 2. The molecule has 0 spiro atoms. The van der Waals surface area contributed by atoms with Crippen molar-refractivity contribution < 1.29 is 23.5 Å². The van der Waals surface area contributed by atoms with Gasteiger partial charge in [-0.3, -0.25) is 4.79 Å². The molecule has 0 atom stereocenters. The van der Waals surface area contributed by atoms with E-state index >= 15 is 0 Å². The van der Waals surface area contributed by atoms with Gasteiger partial charge in [-0.25, -0.2) is 9.18 Å². The third-order valence-electron chi connectivity index (χ3n) is 7.64. The summed E-state index contributed by atoms with van der Waals surface area (Å²) in [6.07, 6.45) is 6.31. The van der Waals surface area contributed by atoms with Crippen molar-refractivity contribution in [2.24, 2.45) is 0 Å². The van der Waals surface area contributed by atoms with Crippen molar-refractivity contribution in [2.45, 2.75) is 71.4 Å². The molecule has 3 aromatic carbocycles. The van der Waals surface area contributed by atoms with Crippen LogP contribution >= 0.6 is 0 Å². The largest absolute Gasteiger partial charge is 0.490 e. The number of rotatable bonds is 13. The fourth-order valence-corrected chi connectivity index (χ4v) is 4.95. The van der Waals surface area contributed by atoms with Crippen LogP contribution in [0.3, 0.4) is 0 Å². The van der Waals surface area contributed by atoms with E-state index in [1.54, 1.807) is 54.6 Å². The minimum atomic E-state index is -0.618. The lowest BCUT2D eigenvalue weighted by molar-refractivity contribution is 0.0996. The van der Waals surface area contributed by atoms with Crippen LogP contribution in [0.15, 0.2) is 66.7 Å². The van der Waals surface area contributed by atoms with E-state index in [9.17, 15) is 14.0 Å². The molecular formula is C34H43FN4O4. The van der Waals surface area contributed by atoms with E-state index in [1.165, 1.54) is 25.0 Å². The van der Waals surface area contributed by atoms with Gasteiger partial charge in [0.15, 0.2) is 0 Å². The Balaban J connectivity index is 1.25. The Labute approximate surface area is 254 Å². The van der Waals surface area contributed by atoms with Gasteiger partial charge < -0.3 is 30.3 Å². The summed E-state index contributed by atoms with van der Waals surface area (Å²) in [5, 5.41) is 8.34. The molecule has 0 saturated carbocycles. The minimum absolute atomic E-state index is 0.0514. The van der Waals surface area contributed by atoms with Crippen molar-refractivity contribution in [3.8, 4) is 17.2 Å². The second-order valence-electron chi connectivity index (χ2n) is 10.9. The highest BCUT2D eigenvalue weighted by Gasteiger charge is 2.20. The summed E-state index contributed by atoms with van der Waals surface area (Å²) < 4.78 is 26.7. The van der Waals surface area contributed by atoms with Crippen LogP contribution in [0.25, 0.3) is 0 Å². The number of carbonyl (C=O) groups excluding carboxylic acids is 2. The molecular weight excluding hydrogens is 547 g/mol. The van der Waals surface area contributed by atoms with Crippen LogP contribution in [0.1, 0.15) is 69.7 Å². The fraction of sp³-hybridized carbons (Fsp3) is 0.412. The molecule has 1 heterocycles. The topological polar surface area (TPSA) is 91.9 Å². The molecule has 0 aromatic heterocycles. The number of halogens is 1. The Morgan fingerprint density at radius 1 is 0.884 bits per heavy atom. The molecule has 230 valence electrons. The molecule has 1 saturated heterocycles. The zero-order valence-electron chi connectivity index (χ0n) is 25.3. The quantitative estimate of drug-likeness (QED) is 0.189. The number of anilines is 2. The number of urea groups is 1. The summed E-state index contributed by atoms with van der Waals surface area (Å²) in [5.41, 5.74) is 1.07. The number of likely N-dealkylation sites (tertiary alicyclic amines) is 1. The maximum absolute atomic E-state index is 14.8. The maximum Gasteiger partial charge on any atom is 0.319 e. The van der Waals surface area contributed by atoms with Crippen molar-refractivity contribution in [2.75, 3.05) is 30.3 Å². The third-order valence-corrected chi connectivity index (χ3v) is 7.64. The van der Waals surface area contributed by atoms with Crippen molar-refractivity contribution in [1.29, 1.82) is 0 Å². The molecule has 1 aliphatic heterocycles. The third kappa shape index (κ3) is 9.71. The van der Waals surface area contributed by atoms with E-state index in [2.05, 4.69) is 27.8 Å². The first-order valence-electron chi connectivity index (χ1n) is 15.3. The molecule has 9 heteroatoms. The predicted octanol–water partition coefficient (Wildman–Crippen LogP) is 7.82. The van der Waals surface area contributed by atoms with E-state index in [0.29, 0.717) is 17.0 Å². The van der Waals surface area contributed by atoms with Crippen molar-refractivity contribution in [1.82, 2.24) is 10.2 Å². The molecule has 0 unspecified atom stereocenters. The van der Waals surface area contributed by atoms with Gasteiger partial charge in [0.1, 0.15) is 29.2 Å². The number of hydrogen-bond acceptors (Lipinski definition) is 5. The molecule has 3 amide bonds. The van der Waals surface area contributed by atoms with E-state index in [-0.39, 0.29) is 29.6 Å². The number of unbranched alkanes of at least 4 members (excludes halogenated alkanes) is 1. The number of amides is 3. The monoisotopic (exact) mass is 590 g/mol. The molecule has 8 nitrogen and oxygen atoms in total. The molecule has 43 heavy (non-hydrogen) atoms. The van der Waals surface area contributed by atoms with Crippen LogP contribution < -0.4 is 25.4 Å². The normalized spacial score (nSPS) is 13.9. The Hall–Kier alpha value is -4.11. The zero-order valence-corrected chi connectivity index (χ0v) is 25.3. The van der Waals surface area contributed by atoms with Crippen molar-refractivity contribution in [3.05, 3.63) is 78.1 Å². The van der Waals surface area contributed by atoms with Crippen molar-refractivity contribution >= 4 is 23.3 Å². The van der Waals surface area contributed by atoms with Gasteiger partial charge in [0, 0.05) is 36.4 Å². The Morgan fingerprint density at radius 2 is 1.53 bits per heavy atom. The molecule has 4 rings (SSSR count). The summed E-state index contributed by atoms with van der Waals surface area (Å²) in [7, 11) is 0. The van der Waals surface area contributed by atoms with Crippen LogP contribution in [0, 0.1) is 5.82 Å². The standard InChI is InChI=1S/C34H43FN4O4/c1-4-7-20-39-21-18-29(19-22-39)42-27-12-8-24(9-13-27)33(40)38-32-17-16-30(23-31(32)35)43-28-14-10-26(11-15-28)37-34(41)36-25(5-2)6-3/h8-17,23,25,29H,4-7,18-22H2,1-3H3,(H,38,40)(H2,36,37,41). The summed E-state index contributed by atoms with van der Waals surface area (Å²) in [4.78, 5) is 27.4.